The van der Waals surface area contributed by atoms with E-state index in [1.54, 1.807) is 24.3 Å². The van der Waals surface area contributed by atoms with Crippen LogP contribution in [0.3, 0.4) is 0 Å². The van der Waals surface area contributed by atoms with Gasteiger partial charge in [-0.3, -0.25) is 4.79 Å². The molecule has 1 heterocycles. The molecular formula is C9H10N6OS. The van der Waals surface area contributed by atoms with Gasteiger partial charge in [-0.2, -0.15) is 9.78 Å². The number of fused-ring (bicyclic) bond motifs is 1. The van der Waals surface area contributed by atoms with Crippen LogP contribution >= 0.6 is 11.8 Å². The van der Waals surface area contributed by atoms with Crippen LogP contribution in [-0.2, 0) is 5.88 Å². The van der Waals surface area contributed by atoms with Crippen LogP contribution in [0.2, 0.25) is 0 Å². The van der Waals surface area contributed by atoms with Gasteiger partial charge < -0.3 is 11.6 Å². The number of hydrogen-bond donors (Lipinski definition) is 2. The van der Waals surface area contributed by atoms with E-state index in [9.17, 15) is 4.79 Å². The summed E-state index contributed by atoms with van der Waals surface area (Å²) in [5, 5.41) is 11.7. The predicted molar refractivity (Wildman–Crippen MR) is 67.2 cm³/mol. The Balaban J connectivity index is 2.36. The second kappa shape index (κ2) is 4.83. The lowest BCUT2D eigenvalue weighted by atomic mass is 10.2. The third-order valence-electron chi connectivity index (χ3n) is 2.09. The molecule has 0 radical (unpaired) electrons. The Kier molecular flexibility index (Phi) is 3.24. The van der Waals surface area contributed by atoms with Crippen LogP contribution in [-0.4, -0.2) is 20.2 Å². The molecule has 1 aromatic heterocycles. The van der Waals surface area contributed by atoms with Crippen LogP contribution in [0, 0.1) is 0 Å². The topological polar surface area (TPSA) is 112 Å². The van der Waals surface area contributed by atoms with Crippen LogP contribution in [0.4, 0.5) is 0 Å². The van der Waals surface area contributed by atoms with Crippen molar-refractivity contribution < 1.29 is 0 Å². The van der Waals surface area contributed by atoms with Gasteiger partial charge in [-0.05, 0) is 12.1 Å². The first kappa shape index (κ1) is 11.4. The molecule has 0 aliphatic carbocycles. The maximum Gasteiger partial charge on any atom is 0.278 e. The van der Waals surface area contributed by atoms with Gasteiger partial charge in [-0.15, -0.1) is 5.10 Å². The Bertz CT molecular complexity index is 622. The Morgan fingerprint density at radius 1 is 1.47 bits per heavy atom. The molecule has 1 aromatic carbocycles. The monoisotopic (exact) mass is 250 g/mol. The average molecular weight is 250 g/mol. The lowest BCUT2D eigenvalue weighted by molar-refractivity contribution is 0.646. The summed E-state index contributed by atoms with van der Waals surface area (Å²) < 4.78 is 1.21. The highest BCUT2D eigenvalue weighted by atomic mass is 32.2. The number of rotatable bonds is 2. The zero-order valence-electron chi connectivity index (χ0n) is 8.78. The third-order valence-corrected chi connectivity index (χ3v) is 2.87. The molecular weight excluding hydrogens is 240 g/mol. The zero-order valence-corrected chi connectivity index (χ0v) is 9.59. The molecule has 8 heteroatoms. The van der Waals surface area contributed by atoms with E-state index < -0.39 is 0 Å². The Labute approximate surface area is 100 Å². The number of amidine groups is 1. The molecule has 0 aliphatic heterocycles. The average Bonchev–Trinajstić information content (AvgIpc) is 2.38. The van der Waals surface area contributed by atoms with Crippen molar-refractivity contribution in [3.63, 3.8) is 0 Å². The highest BCUT2D eigenvalue weighted by molar-refractivity contribution is 8.12. The van der Waals surface area contributed by atoms with E-state index in [2.05, 4.69) is 15.4 Å². The summed E-state index contributed by atoms with van der Waals surface area (Å²) in [6.07, 6.45) is 0. The van der Waals surface area contributed by atoms with E-state index in [-0.39, 0.29) is 16.6 Å². The molecule has 0 fully saturated rings. The summed E-state index contributed by atoms with van der Waals surface area (Å²) in [7, 11) is 0. The van der Waals surface area contributed by atoms with E-state index in [4.69, 9.17) is 11.6 Å². The van der Waals surface area contributed by atoms with Gasteiger partial charge in [0.05, 0.1) is 11.3 Å². The number of thioether (sulfide) groups is 1. The third kappa shape index (κ3) is 2.36. The first-order chi connectivity index (χ1) is 8.22. The van der Waals surface area contributed by atoms with Gasteiger partial charge in [0, 0.05) is 0 Å². The number of benzene rings is 1. The van der Waals surface area contributed by atoms with Crippen LogP contribution < -0.4 is 17.1 Å². The summed E-state index contributed by atoms with van der Waals surface area (Å²) in [5.41, 5.74) is 5.76. The summed E-state index contributed by atoms with van der Waals surface area (Å²) in [4.78, 5) is 12.0. The van der Waals surface area contributed by atoms with Gasteiger partial charge in [0.25, 0.3) is 5.56 Å². The van der Waals surface area contributed by atoms with Gasteiger partial charge in [-0.1, -0.05) is 29.1 Å². The molecule has 0 spiro atoms. The lowest BCUT2D eigenvalue weighted by Crippen LogP contribution is -2.24. The van der Waals surface area contributed by atoms with Gasteiger partial charge >= 0.3 is 0 Å². The fourth-order valence-corrected chi connectivity index (χ4v) is 1.77. The van der Waals surface area contributed by atoms with Crippen molar-refractivity contribution in [1.29, 1.82) is 0 Å². The molecule has 17 heavy (non-hydrogen) atoms. The molecule has 0 saturated heterocycles. The van der Waals surface area contributed by atoms with Crippen LogP contribution in [0.25, 0.3) is 10.9 Å². The van der Waals surface area contributed by atoms with E-state index in [0.717, 1.165) is 11.8 Å². The molecule has 2 aromatic rings. The normalized spacial score (nSPS) is 11.9. The number of nitrogens with two attached hydrogens (primary N) is 2. The first-order valence-corrected chi connectivity index (χ1v) is 5.69. The van der Waals surface area contributed by atoms with E-state index in [1.807, 2.05) is 0 Å². The lowest BCUT2D eigenvalue weighted by Gasteiger charge is -2.03. The molecule has 0 bridgehead atoms. The Morgan fingerprint density at radius 3 is 3.00 bits per heavy atom. The predicted octanol–water partition coefficient (Wildman–Crippen LogP) is -0.329. The van der Waals surface area contributed by atoms with Crippen molar-refractivity contribution in [3.8, 4) is 0 Å². The van der Waals surface area contributed by atoms with Crippen molar-refractivity contribution in [2.24, 2.45) is 16.7 Å². The van der Waals surface area contributed by atoms with Crippen molar-refractivity contribution in [2.45, 2.75) is 5.88 Å². The highest BCUT2D eigenvalue weighted by Gasteiger charge is 2.05. The van der Waals surface area contributed by atoms with Crippen molar-refractivity contribution in [2.75, 3.05) is 0 Å². The molecule has 0 atom stereocenters. The summed E-state index contributed by atoms with van der Waals surface area (Å²) in [6.45, 7) is 0. The summed E-state index contributed by atoms with van der Waals surface area (Å²) in [5.74, 6) is 5.21. The molecule has 0 saturated carbocycles. The molecule has 0 amide bonds. The fourth-order valence-electron chi connectivity index (χ4n) is 1.27. The molecule has 2 rings (SSSR count). The van der Waals surface area contributed by atoms with Gasteiger partial charge in [0.2, 0.25) is 0 Å². The van der Waals surface area contributed by atoms with E-state index in [1.165, 1.54) is 4.68 Å². The SMILES string of the molecule is NN=C(N)SCn1nnc2ccccc2c1=O. The number of aromatic nitrogens is 3. The minimum Gasteiger partial charge on any atom is -0.377 e. The Hall–Kier alpha value is -2.09. The second-order valence-corrected chi connectivity index (χ2v) is 4.12. The molecule has 0 aliphatic rings. The number of nitrogens with zero attached hydrogens (tertiary/aromatic N) is 4. The number of hydrazone groups is 1. The molecule has 88 valence electrons. The van der Waals surface area contributed by atoms with Gasteiger partial charge in [-0.25, -0.2) is 0 Å². The van der Waals surface area contributed by atoms with Gasteiger partial charge in [0.15, 0.2) is 5.17 Å². The first-order valence-electron chi connectivity index (χ1n) is 4.71. The largest absolute Gasteiger partial charge is 0.377 e. The zero-order chi connectivity index (χ0) is 12.3. The smallest absolute Gasteiger partial charge is 0.278 e. The quantitative estimate of drug-likeness (QED) is 0.326. The second-order valence-electron chi connectivity index (χ2n) is 3.15. The van der Waals surface area contributed by atoms with Crippen LogP contribution in [0.1, 0.15) is 0 Å². The molecule has 4 N–H and O–H groups in total. The van der Waals surface area contributed by atoms with E-state index in [0.29, 0.717) is 10.9 Å². The van der Waals surface area contributed by atoms with E-state index >= 15 is 0 Å². The highest BCUT2D eigenvalue weighted by Crippen LogP contribution is 2.05. The summed E-state index contributed by atoms with van der Waals surface area (Å²) >= 11 is 1.12. The van der Waals surface area contributed by atoms with Gasteiger partial charge in [0.1, 0.15) is 5.52 Å². The van der Waals surface area contributed by atoms with Crippen molar-refractivity contribution in [1.82, 2.24) is 15.0 Å². The summed E-state index contributed by atoms with van der Waals surface area (Å²) in [6, 6.07) is 7.01. The molecule has 0 unspecified atom stereocenters. The van der Waals surface area contributed by atoms with Crippen LogP contribution in [0.5, 0.6) is 0 Å². The minimum atomic E-state index is -0.215. The van der Waals surface area contributed by atoms with Crippen molar-refractivity contribution >= 4 is 27.8 Å². The van der Waals surface area contributed by atoms with Crippen molar-refractivity contribution in [3.05, 3.63) is 34.6 Å². The minimum absolute atomic E-state index is 0.187. The van der Waals surface area contributed by atoms with Crippen LogP contribution in [0.15, 0.2) is 34.2 Å². The standard InChI is InChI=1S/C9H10N6OS/c10-9(12-11)17-5-15-8(16)6-3-1-2-4-7(6)13-14-15/h1-4H,5,11H2,(H2,10,12). The Morgan fingerprint density at radius 2 is 2.24 bits per heavy atom. The fraction of sp³-hybridized carbons (Fsp3) is 0.111. The maximum absolute atomic E-state index is 12.0. The molecule has 7 nitrogen and oxygen atoms in total. The maximum atomic E-state index is 12.0. The number of hydrogen-bond acceptors (Lipinski definition) is 6.